The van der Waals surface area contributed by atoms with E-state index in [4.69, 9.17) is 0 Å². The number of carbonyl (C=O) groups is 3. The molecule has 1 aromatic rings. The zero-order valence-electron chi connectivity index (χ0n) is 13.5. The molecule has 0 bridgehead atoms. The second kappa shape index (κ2) is 7.50. The van der Waals surface area contributed by atoms with Gasteiger partial charge in [0.1, 0.15) is 12.6 Å². The quantitative estimate of drug-likeness (QED) is 0.779. The number of urea groups is 1. The lowest BCUT2D eigenvalue weighted by Gasteiger charge is -2.13. The Morgan fingerprint density at radius 2 is 2.04 bits per heavy atom. The second-order valence-corrected chi connectivity index (χ2v) is 6.54. The molecule has 1 unspecified atom stereocenters. The molecule has 1 saturated heterocycles. The predicted octanol–water partition coefficient (Wildman–Crippen LogP) is 1.92. The van der Waals surface area contributed by atoms with Crippen LogP contribution in [-0.4, -0.2) is 47.3 Å². The molecule has 0 aliphatic carbocycles. The average molecular weight is 335 g/mol. The lowest BCUT2D eigenvalue weighted by atomic mass is 10.1. The number of anilines is 1. The molecule has 0 aromatic heterocycles. The fourth-order valence-corrected chi connectivity index (χ4v) is 2.79. The molecule has 1 aliphatic heterocycles. The highest BCUT2D eigenvalue weighted by atomic mass is 32.2. The number of aryl methyl sites for hydroxylation is 2. The summed E-state index contributed by atoms with van der Waals surface area (Å²) in [6, 6.07) is 4.55. The molecule has 6 nitrogen and oxygen atoms in total. The molecule has 1 fully saturated rings. The summed E-state index contributed by atoms with van der Waals surface area (Å²) in [4.78, 5) is 37.1. The molecule has 4 amide bonds. The van der Waals surface area contributed by atoms with Crippen molar-refractivity contribution >= 4 is 35.3 Å². The summed E-state index contributed by atoms with van der Waals surface area (Å²) in [5, 5.41) is 5.34. The zero-order chi connectivity index (χ0) is 17.0. The first-order valence-corrected chi connectivity index (χ1v) is 8.79. The number of carbonyl (C=O) groups excluding carboxylic acids is 3. The van der Waals surface area contributed by atoms with Gasteiger partial charge in [-0.2, -0.15) is 11.8 Å². The average Bonchev–Trinajstić information content (AvgIpc) is 2.76. The Kier molecular flexibility index (Phi) is 5.65. The van der Waals surface area contributed by atoms with Gasteiger partial charge < -0.3 is 10.6 Å². The van der Waals surface area contributed by atoms with Crippen LogP contribution in [0, 0.1) is 13.8 Å². The largest absolute Gasteiger partial charge is 0.326 e. The number of rotatable bonds is 6. The van der Waals surface area contributed by atoms with Crippen LogP contribution in [0.5, 0.6) is 0 Å². The van der Waals surface area contributed by atoms with Crippen molar-refractivity contribution in [3.63, 3.8) is 0 Å². The summed E-state index contributed by atoms with van der Waals surface area (Å²) in [5.41, 5.74) is 2.85. The Morgan fingerprint density at radius 3 is 2.70 bits per heavy atom. The van der Waals surface area contributed by atoms with Gasteiger partial charge in [-0.3, -0.25) is 14.5 Å². The highest BCUT2D eigenvalue weighted by Gasteiger charge is 2.38. The molecule has 0 saturated carbocycles. The maximum Gasteiger partial charge on any atom is 0.325 e. The van der Waals surface area contributed by atoms with Crippen LogP contribution in [-0.2, 0) is 9.59 Å². The maximum atomic E-state index is 12.2. The lowest BCUT2D eigenvalue weighted by Crippen LogP contribution is -2.38. The van der Waals surface area contributed by atoms with E-state index in [0.717, 1.165) is 21.8 Å². The van der Waals surface area contributed by atoms with E-state index in [2.05, 4.69) is 10.6 Å². The highest BCUT2D eigenvalue weighted by molar-refractivity contribution is 7.98. The lowest BCUT2D eigenvalue weighted by molar-refractivity contribution is -0.130. The minimum absolute atomic E-state index is 0.270. The first kappa shape index (κ1) is 17.3. The van der Waals surface area contributed by atoms with E-state index in [-0.39, 0.29) is 18.4 Å². The third-order valence-electron chi connectivity index (χ3n) is 3.81. The van der Waals surface area contributed by atoms with Gasteiger partial charge in [-0.05, 0) is 55.5 Å². The zero-order valence-corrected chi connectivity index (χ0v) is 14.3. The van der Waals surface area contributed by atoms with Gasteiger partial charge in [0.2, 0.25) is 5.91 Å². The molecule has 124 valence electrons. The minimum atomic E-state index is -0.524. The van der Waals surface area contributed by atoms with E-state index in [1.807, 2.05) is 32.2 Å². The van der Waals surface area contributed by atoms with Crippen molar-refractivity contribution in [2.24, 2.45) is 0 Å². The Bertz CT molecular complexity index is 633. The van der Waals surface area contributed by atoms with Crippen molar-refractivity contribution in [1.29, 1.82) is 0 Å². The van der Waals surface area contributed by atoms with E-state index in [9.17, 15) is 14.4 Å². The van der Waals surface area contributed by atoms with Gasteiger partial charge in [-0.1, -0.05) is 6.07 Å². The van der Waals surface area contributed by atoms with Crippen LogP contribution in [0.3, 0.4) is 0 Å². The van der Waals surface area contributed by atoms with Crippen LogP contribution in [0.2, 0.25) is 0 Å². The molecular formula is C16H21N3O3S. The Balaban J connectivity index is 1.95. The first-order chi connectivity index (χ1) is 10.9. The summed E-state index contributed by atoms with van der Waals surface area (Å²) in [5.74, 6) is 0.0564. The van der Waals surface area contributed by atoms with E-state index >= 15 is 0 Å². The van der Waals surface area contributed by atoms with Gasteiger partial charge in [0, 0.05) is 5.69 Å². The molecule has 23 heavy (non-hydrogen) atoms. The van der Waals surface area contributed by atoms with Gasteiger partial charge in [0.05, 0.1) is 0 Å². The molecular weight excluding hydrogens is 314 g/mol. The van der Waals surface area contributed by atoms with Gasteiger partial charge in [-0.15, -0.1) is 0 Å². The van der Waals surface area contributed by atoms with E-state index < -0.39 is 12.1 Å². The molecule has 0 radical (unpaired) electrons. The van der Waals surface area contributed by atoms with Crippen LogP contribution in [0.25, 0.3) is 0 Å². The summed E-state index contributed by atoms with van der Waals surface area (Å²) >= 11 is 1.61. The molecule has 2 N–H and O–H groups in total. The Hall–Kier alpha value is -2.02. The van der Waals surface area contributed by atoms with Crippen molar-refractivity contribution in [2.45, 2.75) is 26.3 Å². The van der Waals surface area contributed by atoms with Crippen molar-refractivity contribution in [1.82, 2.24) is 10.2 Å². The normalized spacial score (nSPS) is 17.3. The fraction of sp³-hybridized carbons (Fsp3) is 0.438. The van der Waals surface area contributed by atoms with Crippen LogP contribution in [0.1, 0.15) is 17.5 Å². The third-order valence-corrected chi connectivity index (χ3v) is 4.45. The molecule has 7 heteroatoms. The van der Waals surface area contributed by atoms with Crippen molar-refractivity contribution in [3.05, 3.63) is 29.3 Å². The van der Waals surface area contributed by atoms with Gasteiger partial charge in [0.25, 0.3) is 5.91 Å². The number of benzene rings is 1. The number of hydrogen-bond donors (Lipinski definition) is 2. The maximum absolute atomic E-state index is 12.2. The molecule has 0 spiro atoms. The third kappa shape index (κ3) is 4.25. The SMILES string of the molecule is CSCCC1NC(=O)N(CC(=O)Nc2ccc(C)c(C)c2)C1=O. The standard InChI is InChI=1S/C16H21N3O3S/c1-10-4-5-12(8-11(10)2)17-14(20)9-19-15(21)13(6-7-23-3)18-16(19)22/h4-5,8,13H,6-7,9H2,1-3H3,(H,17,20)(H,18,22). The number of amides is 4. The van der Waals surface area contributed by atoms with E-state index in [1.54, 1.807) is 17.8 Å². The molecule has 1 aromatic carbocycles. The van der Waals surface area contributed by atoms with Crippen LogP contribution < -0.4 is 10.6 Å². The van der Waals surface area contributed by atoms with Gasteiger partial charge >= 0.3 is 6.03 Å². The summed E-state index contributed by atoms with van der Waals surface area (Å²) in [7, 11) is 0. The second-order valence-electron chi connectivity index (χ2n) is 5.56. The number of imide groups is 1. The summed E-state index contributed by atoms with van der Waals surface area (Å²) in [6.45, 7) is 3.68. The van der Waals surface area contributed by atoms with E-state index in [0.29, 0.717) is 12.1 Å². The van der Waals surface area contributed by atoms with Crippen LogP contribution >= 0.6 is 11.8 Å². The van der Waals surface area contributed by atoms with Crippen LogP contribution in [0.15, 0.2) is 18.2 Å². The smallest absolute Gasteiger partial charge is 0.325 e. The highest BCUT2D eigenvalue weighted by Crippen LogP contribution is 2.15. The topological polar surface area (TPSA) is 78.5 Å². The van der Waals surface area contributed by atoms with E-state index in [1.165, 1.54) is 0 Å². The van der Waals surface area contributed by atoms with Crippen molar-refractivity contribution in [2.75, 3.05) is 23.9 Å². The predicted molar refractivity (Wildman–Crippen MR) is 91.6 cm³/mol. The number of nitrogens with zero attached hydrogens (tertiary/aromatic N) is 1. The monoisotopic (exact) mass is 335 g/mol. The molecule has 1 aliphatic rings. The number of hydrogen-bond acceptors (Lipinski definition) is 4. The Morgan fingerprint density at radius 1 is 1.30 bits per heavy atom. The summed E-state index contributed by atoms with van der Waals surface area (Å²) < 4.78 is 0. The van der Waals surface area contributed by atoms with Gasteiger partial charge in [0.15, 0.2) is 0 Å². The molecule has 1 heterocycles. The van der Waals surface area contributed by atoms with Crippen molar-refractivity contribution in [3.8, 4) is 0 Å². The number of thioether (sulfide) groups is 1. The minimum Gasteiger partial charge on any atom is -0.326 e. The number of nitrogens with one attached hydrogen (secondary N) is 2. The molecule has 1 atom stereocenters. The fourth-order valence-electron chi connectivity index (χ4n) is 2.32. The summed E-state index contributed by atoms with van der Waals surface area (Å²) in [6.07, 6.45) is 2.51. The molecule has 2 rings (SSSR count). The Labute approximate surface area is 140 Å². The van der Waals surface area contributed by atoms with Gasteiger partial charge in [-0.25, -0.2) is 4.79 Å². The van der Waals surface area contributed by atoms with Crippen LogP contribution in [0.4, 0.5) is 10.5 Å². The van der Waals surface area contributed by atoms with Crippen molar-refractivity contribution < 1.29 is 14.4 Å². The first-order valence-electron chi connectivity index (χ1n) is 7.40.